The van der Waals surface area contributed by atoms with Crippen molar-refractivity contribution >= 4 is 5.97 Å². The van der Waals surface area contributed by atoms with Crippen LogP contribution in [-0.4, -0.2) is 29.8 Å². The second kappa shape index (κ2) is 4.42. The van der Waals surface area contributed by atoms with E-state index in [1.807, 2.05) is 13.8 Å². The molecule has 0 aromatic heterocycles. The predicted molar refractivity (Wildman–Crippen MR) is 45.5 cm³/mol. The lowest BCUT2D eigenvalue weighted by atomic mass is 10.1. The molecule has 0 fully saturated rings. The van der Waals surface area contributed by atoms with Gasteiger partial charge in [-0.05, 0) is 12.8 Å². The molecule has 0 saturated heterocycles. The molecule has 1 unspecified atom stereocenters. The number of carbonyl (C=O) groups is 1. The first-order valence-electron chi connectivity index (χ1n) is 3.97. The number of hydrogen-bond donors (Lipinski definition) is 2. The zero-order valence-electron chi connectivity index (χ0n) is 7.83. The highest BCUT2D eigenvalue weighted by Crippen LogP contribution is 2.02. The van der Waals surface area contributed by atoms with Crippen molar-refractivity contribution in [2.75, 3.05) is 13.2 Å². The fraction of sp³-hybridized carbons (Fsp3) is 0.875. The van der Waals surface area contributed by atoms with Gasteiger partial charge in [0.25, 0.3) is 0 Å². The van der Waals surface area contributed by atoms with Crippen molar-refractivity contribution in [2.45, 2.75) is 26.3 Å². The summed E-state index contributed by atoms with van der Waals surface area (Å²) >= 11 is 0. The summed E-state index contributed by atoms with van der Waals surface area (Å²) in [6.45, 7) is 5.24. The van der Waals surface area contributed by atoms with Crippen LogP contribution in [0.25, 0.3) is 0 Å². The Kier molecular flexibility index (Phi) is 4.20. The van der Waals surface area contributed by atoms with E-state index < -0.39 is 18.1 Å². The Morgan fingerprint density at radius 1 is 1.67 bits per heavy atom. The van der Waals surface area contributed by atoms with E-state index in [0.29, 0.717) is 6.61 Å². The van der Waals surface area contributed by atoms with Crippen molar-refractivity contribution in [1.82, 2.24) is 0 Å². The number of nitrogens with two attached hydrogens (primary N) is 1. The molecule has 0 rings (SSSR count). The Labute approximate surface area is 72.7 Å². The third-order valence-electron chi connectivity index (χ3n) is 1.34. The Morgan fingerprint density at radius 2 is 2.17 bits per heavy atom. The zero-order valence-corrected chi connectivity index (χ0v) is 7.83. The molecule has 3 N–H and O–H groups in total. The molecule has 0 aliphatic rings. The molecule has 0 spiro atoms. The van der Waals surface area contributed by atoms with Crippen LogP contribution in [0.15, 0.2) is 0 Å². The average molecular weight is 175 g/mol. The van der Waals surface area contributed by atoms with Gasteiger partial charge in [-0.3, -0.25) is 0 Å². The van der Waals surface area contributed by atoms with E-state index >= 15 is 0 Å². The van der Waals surface area contributed by atoms with E-state index in [0.717, 1.165) is 0 Å². The molecule has 0 aliphatic carbocycles. The summed E-state index contributed by atoms with van der Waals surface area (Å²) < 4.78 is 4.84. The third-order valence-corrected chi connectivity index (χ3v) is 1.34. The summed E-state index contributed by atoms with van der Waals surface area (Å²) in [7, 11) is 0. The van der Waals surface area contributed by atoms with E-state index in [-0.39, 0.29) is 5.92 Å². The molecule has 0 bridgehead atoms. The summed E-state index contributed by atoms with van der Waals surface area (Å²) in [6.07, 6.45) is 0. The van der Waals surface area contributed by atoms with Gasteiger partial charge in [0, 0.05) is 0 Å². The highest BCUT2D eigenvalue weighted by molar-refractivity contribution is 5.80. The van der Waals surface area contributed by atoms with Gasteiger partial charge in [-0.25, -0.2) is 4.79 Å². The maximum atomic E-state index is 11.1. The van der Waals surface area contributed by atoms with Crippen LogP contribution in [0.5, 0.6) is 0 Å². The lowest BCUT2D eigenvalue weighted by molar-refractivity contribution is -0.152. The molecule has 0 aliphatic heterocycles. The van der Waals surface area contributed by atoms with Crippen LogP contribution in [-0.2, 0) is 9.53 Å². The van der Waals surface area contributed by atoms with E-state index in [2.05, 4.69) is 0 Å². The topological polar surface area (TPSA) is 72.5 Å². The molecule has 4 nitrogen and oxygen atoms in total. The summed E-state index contributed by atoms with van der Waals surface area (Å²) in [6, 6.07) is 0. The Hall–Kier alpha value is -0.610. The first kappa shape index (κ1) is 11.4. The molecule has 4 heteroatoms. The Bertz CT molecular complexity index is 154. The van der Waals surface area contributed by atoms with Crippen molar-refractivity contribution < 1.29 is 14.6 Å². The van der Waals surface area contributed by atoms with Crippen molar-refractivity contribution in [2.24, 2.45) is 11.7 Å². The van der Waals surface area contributed by atoms with Crippen LogP contribution < -0.4 is 5.73 Å². The van der Waals surface area contributed by atoms with Gasteiger partial charge in [-0.15, -0.1) is 0 Å². The fourth-order valence-electron chi connectivity index (χ4n) is 0.472. The molecule has 0 aromatic rings. The van der Waals surface area contributed by atoms with Crippen LogP contribution in [0.3, 0.4) is 0 Å². The Balaban J connectivity index is 3.88. The summed E-state index contributed by atoms with van der Waals surface area (Å²) in [5.74, 6) is -0.276. The monoisotopic (exact) mass is 175 g/mol. The normalized spacial score (nSPS) is 15.8. The lowest BCUT2D eigenvalue weighted by Gasteiger charge is -2.20. The first-order valence-corrected chi connectivity index (χ1v) is 3.97. The third kappa shape index (κ3) is 3.69. The highest BCUT2D eigenvalue weighted by Gasteiger charge is 2.29. The number of esters is 1. The zero-order chi connectivity index (χ0) is 9.78. The average Bonchev–Trinajstić information content (AvgIpc) is 2.00. The number of carbonyl (C=O) groups excluding carboxylic acids is 1. The summed E-state index contributed by atoms with van der Waals surface area (Å²) in [5.41, 5.74) is 4.15. The molecule has 0 heterocycles. The summed E-state index contributed by atoms with van der Waals surface area (Å²) in [4.78, 5) is 11.1. The number of rotatable bonds is 4. The van der Waals surface area contributed by atoms with Crippen LogP contribution in [0, 0.1) is 5.92 Å². The highest BCUT2D eigenvalue weighted by atomic mass is 16.5. The SMILES string of the molecule is CC(C)COC(=O)C(C)(N)CO. The number of aliphatic hydroxyl groups is 1. The van der Waals surface area contributed by atoms with Gasteiger partial charge in [-0.2, -0.15) is 0 Å². The van der Waals surface area contributed by atoms with Crippen molar-refractivity contribution in [3.63, 3.8) is 0 Å². The molecule has 1 atom stereocenters. The van der Waals surface area contributed by atoms with Crippen molar-refractivity contribution in [3.8, 4) is 0 Å². The van der Waals surface area contributed by atoms with E-state index in [9.17, 15) is 4.79 Å². The molecule has 0 radical (unpaired) electrons. The Morgan fingerprint density at radius 3 is 2.50 bits per heavy atom. The summed E-state index contributed by atoms with van der Waals surface area (Å²) in [5, 5.41) is 8.70. The molecule has 72 valence electrons. The van der Waals surface area contributed by atoms with Gasteiger partial charge < -0.3 is 15.6 Å². The smallest absolute Gasteiger partial charge is 0.328 e. The van der Waals surface area contributed by atoms with Crippen LogP contribution in [0.4, 0.5) is 0 Å². The van der Waals surface area contributed by atoms with Crippen LogP contribution in [0.1, 0.15) is 20.8 Å². The maximum absolute atomic E-state index is 11.1. The van der Waals surface area contributed by atoms with Crippen molar-refractivity contribution in [1.29, 1.82) is 0 Å². The maximum Gasteiger partial charge on any atom is 0.328 e. The van der Waals surface area contributed by atoms with Gasteiger partial charge in [-0.1, -0.05) is 13.8 Å². The van der Waals surface area contributed by atoms with Gasteiger partial charge >= 0.3 is 5.97 Å². The first-order chi connectivity index (χ1) is 5.40. The molecular weight excluding hydrogens is 158 g/mol. The number of hydrogen-bond acceptors (Lipinski definition) is 4. The number of ether oxygens (including phenoxy) is 1. The minimum atomic E-state index is -1.27. The predicted octanol–water partition coefficient (Wildman–Crippen LogP) is -0.105. The van der Waals surface area contributed by atoms with Crippen LogP contribution in [0.2, 0.25) is 0 Å². The van der Waals surface area contributed by atoms with Gasteiger partial charge in [0.1, 0.15) is 5.54 Å². The quantitative estimate of drug-likeness (QED) is 0.585. The standard InChI is InChI=1S/C8H17NO3/c1-6(2)4-12-7(11)8(3,9)5-10/h6,10H,4-5,9H2,1-3H3. The van der Waals surface area contributed by atoms with E-state index in [1.54, 1.807) is 0 Å². The molecule has 12 heavy (non-hydrogen) atoms. The van der Waals surface area contributed by atoms with E-state index in [1.165, 1.54) is 6.92 Å². The minimum absolute atomic E-state index is 0.281. The molecular formula is C8H17NO3. The van der Waals surface area contributed by atoms with Crippen molar-refractivity contribution in [3.05, 3.63) is 0 Å². The van der Waals surface area contributed by atoms with Gasteiger partial charge in [0.05, 0.1) is 13.2 Å². The number of aliphatic hydroxyl groups excluding tert-OH is 1. The molecule has 0 aromatic carbocycles. The van der Waals surface area contributed by atoms with Gasteiger partial charge in [0.2, 0.25) is 0 Å². The molecule has 0 saturated carbocycles. The fourth-order valence-corrected chi connectivity index (χ4v) is 0.472. The minimum Gasteiger partial charge on any atom is -0.464 e. The lowest BCUT2D eigenvalue weighted by Crippen LogP contribution is -2.49. The van der Waals surface area contributed by atoms with Crippen LogP contribution >= 0.6 is 0 Å². The largest absolute Gasteiger partial charge is 0.464 e. The van der Waals surface area contributed by atoms with Gasteiger partial charge in [0.15, 0.2) is 0 Å². The molecule has 0 amide bonds. The second-order valence-electron chi connectivity index (χ2n) is 3.57. The second-order valence-corrected chi connectivity index (χ2v) is 3.57. The van der Waals surface area contributed by atoms with E-state index in [4.69, 9.17) is 15.6 Å².